The third-order valence-corrected chi connectivity index (χ3v) is 6.42. The van der Waals surface area contributed by atoms with Crippen LogP contribution in [0.4, 0.5) is 0 Å². The minimum absolute atomic E-state index is 0.0160. The van der Waals surface area contributed by atoms with Crippen molar-refractivity contribution >= 4 is 21.5 Å². The Balaban J connectivity index is 2.04. The Morgan fingerprint density at radius 3 is 2.37 bits per heavy atom. The minimum atomic E-state index is -3.28. The van der Waals surface area contributed by atoms with Gasteiger partial charge in [-0.2, -0.15) is 0 Å². The molecule has 0 aromatic carbocycles. The van der Waals surface area contributed by atoms with Gasteiger partial charge in [0.25, 0.3) is 0 Å². The Kier molecular flexibility index (Phi) is 4.28. The molecule has 2 fully saturated rings. The molecule has 0 radical (unpaired) electrons. The highest BCUT2D eigenvalue weighted by Crippen LogP contribution is 2.25. The van der Waals surface area contributed by atoms with E-state index < -0.39 is 15.1 Å². The van der Waals surface area contributed by atoms with Gasteiger partial charge in [-0.15, -0.1) is 0 Å². The predicted octanol–water partition coefficient (Wildman–Crippen LogP) is 0.924. The molecule has 1 heterocycles. The molecule has 2 rings (SSSR count). The van der Waals surface area contributed by atoms with E-state index in [1.165, 1.54) is 0 Å². The predicted molar refractivity (Wildman–Crippen MR) is 71.5 cm³/mol. The van der Waals surface area contributed by atoms with Gasteiger partial charge in [0.2, 0.25) is 5.91 Å². The molecule has 1 atom stereocenters. The molecule has 6 heteroatoms. The lowest BCUT2D eigenvalue weighted by molar-refractivity contribution is -0.134. The number of rotatable bonds is 2. The van der Waals surface area contributed by atoms with Gasteiger partial charge in [0.05, 0.1) is 5.75 Å². The number of sulfone groups is 1. The van der Waals surface area contributed by atoms with Crippen LogP contribution in [0.1, 0.15) is 44.9 Å². The SMILES string of the molecule is CN(C(=O)C1CCCCS1(=O)=O)C1CCC(=O)CC1. The first-order valence-electron chi connectivity index (χ1n) is 6.92. The zero-order valence-electron chi connectivity index (χ0n) is 11.3. The maximum Gasteiger partial charge on any atom is 0.240 e. The van der Waals surface area contributed by atoms with E-state index in [4.69, 9.17) is 0 Å². The second kappa shape index (κ2) is 5.61. The molecule has 0 bridgehead atoms. The lowest BCUT2D eigenvalue weighted by Gasteiger charge is -2.34. The van der Waals surface area contributed by atoms with Crippen molar-refractivity contribution in [3.63, 3.8) is 0 Å². The molecule has 5 nitrogen and oxygen atoms in total. The van der Waals surface area contributed by atoms with E-state index in [9.17, 15) is 18.0 Å². The van der Waals surface area contributed by atoms with Crippen LogP contribution in [0.5, 0.6) is 0 Å². The first-order chi connectivity index (χ1) is 8.92. The number of carbonyl (C=O) groups is 2. The van der Waals surface area contributed by atoms with Crippen LogP contribution in [0.3, 0.4) is 0 Å². The smallest absolute Gasteiger partial charge is 0.240 e. The van der Waals surface area contributed by atoms with Crippen LogP contribution in [-0.4, -0.2) is 49.1 Å². The summed E-state index contributed by atoms with van der Waals surface area (Å²) in [4.78, 5) is 25.1. The molecule has 1 amide bonds. The molecule has 0 spiro atoms. The van der Waals surface area contributed by atoms with Crippen molar-refractivity contribution in [3.05, 3.63) is 0 Å². The van der Waals surface area contributed by atoms with E-state index in [2.05, 4.69) is 0 Å². The van der Waals surface area contributed by atoms with Gasteiger partial charge in [-0.05, 0) is 25.7 Å². The van der Waals surface area contributed by atoms with Crippen LogP contribution in [-0.2, 0) is 19.4 Å². The van der Waals surface area contributed by atoms with E-state index >= 15 is 0 Å². The summed E-state index contributed by atoms with van der Waals surface area (Å²) in [5, 5.41) is -0.858. The number of carbonyl (C=O) groups excluding carboxylic acids is 2. The summed E-state index contributed by atoms with van der Waals surface area (Å²) in [7, 11) is -1.60. The molecule has 1 saturated heterocycles. The average molecular weight is 287 g/mol. The second-order valence-electron chi connectivity index (χ2n) is 5.57. The van der Waals surface area contributed by atoms with Crippen LogP contribution < -0.4 is 0 Å². The molecule has 1 saturated carbocycles. The first-order valence-corrected chi connectivity index (χ1v) is 8.63. The number of Topliss-reactive ketones (excluding diaryl/α,β-unsaturated/α-hetero) is 1. The Morgan fingerprint density at radius 2 is 1.79 bits per heavy atom. The number of hydrogen-bond donors (Lipinski definition) is 0. The van der Waals surface area contributed by atoms with Crippen LogP contribution in [0.2, 0.25) is 0 Å². The fourth-order valence-corrected chi connectivity index (χ4v) is 4.84. The van der Waals surface area contributed by atoms with E-state index in [1.54, 1.807) is 11.9 Å². The van der Waals surface area contributed by atoms with Crippen molar-refractivity contribution < 1.29 is 18.0 Å². The number of nitrogens with zero attached hydrogens (tertiary/aromatic N) is 1. The van der Waals surface area contributed by atoms with Gasteiger partial charge < -0.3 is 4.90 Å². The molecule has 1 aliphatic heterocycles. The summed E-state index contributed by atoms with van der Waals surface area (Å²) in [6, 6.07) is 0.0160. The molecule has 2 aliphatic rings. The molecule has 0 aromatic rings. The summed E-state index contributed by atoms with van der Waals surface area (Å²) in [5.74, 6) is 0.0851. The van der Waals surface area contributed by atoms with Gasteiger partial charge in [0, 0.05) is 25.9 Å². The van der Waals surface area contributed by atoms with E-state index in [0.29, 0.717) is 38.5 Å². The number of hydrogen-bond acceptors (Lipinski definition) is 4. The van der Waals surface area contributed by atoms with Crippen molar-refractivity contribution in [2.45, 2.75) is 56.2 Å². The van der Waals surface area contributed by atoms with Gasteiger partial charge in [-0.3, -0.25) is 9.59 Å². The van der Waals surface area contributed by atoms with Gasteiger partial charge in [0.15, 0.2) is 9.84 Å². The van der Waals surface area contributed by atoms with Crippen LogP contribution in [0.25, 0.3) is 0 Å². The topological polar surface area (TPSA) is 71.5 Å². The Morgan fingerprint density at radius 1 is 1.16 bits per heavy atom. The zero-order chi connectivity index (χ0) is 14.0. The molecular weight excluding hydrogens is 266 g/mol. The Bertz CT molecular complexity index is 461. The van der Waals surface area contributed by atoms with E-state index in [0.717, 1.165) is 6.42 Å². The number of ketones is 1. The highest BCUT2D eigenvalue weighted by Gasteiger charge is 2.38. The highest BCUT2D eigenvalue weighted by atomic mass is 32.2. The van der Waals surface area contributed by atoms with Crippen molar-refractivity contribution in [1.29, 1.82) is 0 Å². The van der Waals surface area contributed by atoms with Crippen LogP contribution >= 0.6 is 0 Å². The molecule has 0 aromatic heterocycles. The van der Waals surface area contributed by atoms with E-state index in [-0.39, 0.29) is 23.5 Å². The largest absolute Gasteiger partial charge is 0.342 e. The maximum atomic E-state index is 12.4. The molecule has 1 unspecified atom stereocenters. The summed E-state index contributed by atoms with van der Waals surface area (Å²) in [6.07, 6.45) is 4.22. The van der Waals surface area contributed by atoms with E-state index in [1.807, 2.05) is 0 Å². The quantitative estimate of drug-likeness (QED) is 0.757. The van der Waals surface area contributed by atoms with Gasteiger partial charge >= 0.3 is 0 Å². The summed E-state index contributed by atoms with van der Waals surface area (Å²) in [5.41, 5.74) is 0. The van der Waals surface area contributed by atoms with Crippen molar-refractivity contribution in [2.24, 2.45) is 0 Å². The zero-order valence-corrected chi connectivity index (χ0v) is 12.1. The molecule has 0 N–H and O–H groups in total. The summed E-state index contributed by atoms with van der Waals surface area (Å²) >= 11 is 0. The van der Waals surface area contributed by atoms with Gasteiger partial charge in [-0.1, -0.05) is 6.42 Å². The van der Waals surface area contributed by atoms with Crippen molar-refractivity contribution in [1.82, 2.24) is 4.90 Å². The lowest BCUT2D eigenvalue weighted by atomic mass is 9.93. The minimum Gasteiger partial charge on any atom is -0.342 e. The van der Waals surface area contributed by atoms with Crippen LogP contribution in [0.15, 0.2) is 0 Å². The summed E-state index contributed by atoms with van der Waals surface area (Å²) in [6.45, 7) is 0. The number of amides is 1. The second-order valence-corrected chi connectivity index (χ2v) is 7.87. The Hall–Kier alpha value is -0.910. The standard InChI is InChI=1S/C13H21NO4S/c1-14(10-5-7-11(15)8-6-10)13(16)12-4-2-3-9-19(12,17)18/h10,12H,2-9H2,1H3. The third-order valence-electron chi connectivity index (χ3n) is 4.26. The van der Waals surface area contributed by atoms with Gasteiger partial charge in [-0.25, -0.2) is 8.42 Å². The Labute approximate surface area is 114 Å². The fourth-order valence-electron chi connectivity index (χ4n) is 2.95. The third kappa shape index (κ3) is 3.16. The van der Waals surface area contributed by atoms with Crippen molar-refractivity contribution in [3.8, 4) is 0 Å². The highest BCUT2D eigenvalue weighted by molar-refractivity contribution is 7.92. The summed E-state index contributed by atoms with van der Waals surface area (Å²) < 4.78 is 23.9. The van der Waals surface area contributed by atoms with Crippen LogP contribution in [0, 0.1) is 0 Å². The monoisotopic (exact) mass is 287 g/mol. The average Bonchev–Trinajstić information content (AvgIpc) is 2.37. The maximum absolute atomic E-state index is 12.4. The van der Waals surface area contributed by atoms with Crippen molar-refractivity contribution in [2.75, 3.05) is 12.8 Å². The normalized spacial score (nSPS) is 28.1. The lowest BCUT2D eigenvalue weighted by Crippen LogP contribution is -2.48. The molecule has 108 valence electrons. The molecule has 1 aliphatic carbocycles. The fraction of sp³-hybridized carbons (Fsp3) is 0.846. The molecule has 19 heavy (non-hydrogen) atoms. The first kappa shape index (κ1) is 14.5. The molecular formula is C13H21NO4S. The van der Waals surface area contributed by atoms with Gasteiger partial charge in [0.1, 0.15) is 11.0 Å².